The van der Waals surface area contributed by atoms with Crippen LogP contribution < -0.4 is 5.32 Å². The highest BCUT2D eigenvalue weighted by atomic mass is 32.1. The van der Waals surface area contributed by atoms with Crippen molar-refractivity contribution >= 4 is 17.2 Å². The molecule has 1 saturated carbocycles. The smallest absolute Gasteiger partial charge is 0.252 e. The van der Waals surface area contributed by atoms with Crippen LogP contribution in [0.5, 0.6) is 0 Å². The molecule has 0 radical (unpaired) electrons. The molecule has 0 spiro atoms. The molecule has 1 fully saturated rings. The van der Waals surface area contributed by atoms with Crippen LogP contribution in [0.15, 0.2) is 6.07 Å². The molecule has 1 aromatic heterocycles. The number of aliphatic hydroxyl groups excluding tert-OH is 1. The molecule has 2 unspecified atom stereocenters. The number of carbonyl (C=O) groups excluding carboxylic acids is 1. The summed E-state index contributed by atoms with van der Waals surface area (Å²) < 4.78 is 0. The number of aryl methyl sites for hydroxylation is 2. The molecule has 4 heteroatoms. The van der Waals surface area contributed by atoms with E-state index >= 15 is 0 Å². The first-order chi connectivity index (χ1) is 8.61. The lowest BCUT2D eigenvalue weighted by Crippen LogP contribution is -2.31. The molecule has 1 heterocycles. The molecule has 1 aliphatic carbocycles. The predicted octanol–water partition coefficient (Wildman–Crippen LogP) is 2.50. The first-order valence-corrected chi connectivity index (χ1v) is 7.39. The summed E-state index contributed by atoms with van der Waals surface area (Å²) in [6, 6.07) is 1.95. The van der Waals surface area contributed by atoms with Gasteiger partial charge in [0.25, 0.3) is 5.91 Å². The third kappa shape index (κ3) is 2.93. The number of nitrogens with one attached hydrogen (secondary N) is 1. The number of aliphatic hydroxyl groups is 1. The molecule has 0 aromatic carbocycles. The monoisotopic (exact) mass is 267 g/mol. The van der Waals surface area contributed by atoms with Crippen molar-refractivity contribution in [2.24, 2.45) is 11.8 Å². The predicted molar refractivity (Wildman–Crippen MR) is 74.0 cm³/mol. The molecule has 1 aliphatic rings. The standard InChI is InChI=1S/C14H21NO2S/c1-9-6-13(10(2)18-9)14(17)15-7-11-4-3-5-12(11)8-16/h6,11-12,16H,3-5,7-8H2,1-2H3,(H,15,17). The molecule has 1 aromatic rings. The van der Waals surface area contributed by atoms with E-state index < -0.39 is 0 Å². The Balaban J connectivity index is 1.90. The zero-order valence-corrected chi connectivity index (χ0v) is 11.8. The largest absolute Gasteiger partial charge is 0.396 e. The van der Waals surface area contributed by atoms with Gasteiger partial charge in [0, 0.05) is 22.9 Å². The topological polar surface area (TPSA) is 49.3 Å². The fourth-order valence-electron chi connectivity index (χ4n) is 2.80. The van der Waals surface area contributed by atoms with Crippen molar-refractivity contribution in [3.63, 3.8) is 0 Å². The van der Waals surface area contributed by atoms with Gasteiger partial charge in [0.05, 0.1) is 5.56 Å². The van der Waals surface area contributed by atoms with Crippen molar-refractivity contribution in [3.8, 4) is 0 Å². The molecule has 0 aliphatic heterocycles. The molecule has 18 heavy (non-hydrogen) atoms. The van der Waals surface area contributed by atoms with E-state index in [0.717, 1.165) is 23.3 Å². The quantitative estimate of drug-likeness (QED) is 0.880. The van der Waals surface area contributed by atoms with Crippen LogP contribution in [-0.4, -0.2) is 24.2 Å². The maximum absolute atomic E-state index is 12.1. The molecule has 2 atom stereocenters. The number of thiophene rings is 1. The molecule has 100 valence electrons. The fraction of sp³-hybridized carbons (Fsp3) is 0.643. The Kier molecular flexibility index (Phi) is 4.40. The maximum atomic E-state index is 12.1. The minimum absolute atomic E-state index is 0.0282. The number of hydrogen-bond acceptors (Lipinski definition) is 3. The van der Waals surface area contributed by atoms with Gasteiger partial charge in [0.2, 0.25) is 0 Å². The summed E-state index contributed by atoms with van der Waals surface area (Å²) in [5, 5.41) is 12.3. The van der Waals surface area contributed by atoms with E-state index in [-0.39, 0.29) is 12.5 Å². The Morgan fingerprint density at radius 2 is 2.17 bits per heavy atom. The van der Waals surface area contributed by atoms with Gasteiger partial charge in [-0.15, -0.1) is 11.3 Å². The van der Waals surface area contributed by atoms with Crippen LogP contribution in [0, 0.1) is 25.7 Å². The summed E-state index contributed by atoms with van der Waals surface area (Å²) in [5.41, 5.74) is 0.802. The molecule has 2 rings (SSSR count). The van der Waals surface area contributed by atoms with Crippen LogP contribution in [0.2, 0.25) is 0 Å². The van der Waals surface area contributed by atoms with E-state index in [0.29, 0.717) is 18.4 Å². The van der Waals surface area contributed by atoms with E-state index in [9.17, 15) is 9.90 Å². The van der Waals surface area contributed by atoms with Gasteiger partial charge in [-0.1, -0.05) is 6.42 Å². The summed E-state index contributed by atoms with van der Waals surface area (Å²) in [5.74, 6) is 0.843. The van der Waals surface area contributed by atoms with Gasteiger partial charge < -0.3 is 10.4 Å². The summed E-state index contributed by atoms with van der Waals surface area (Å²) >= 11 is 1.66. The number of rotatable bonds is 4. The average molecular weight is 267 g/mol. The number of carbonyl (C=O) groups is 1. The first-order valence-electron chi connectivity index (χ1n) is 6.58. The summed E-state index contributed by atoms with van der Waals surface area (Å²) in [6.45, 7) is 4.95. The first kappa shape index (κ1) is 13.6. The van der Waals surface area contributed by atoms with E-state index in [1.165, 1.54) is 11.3 Å². The molecule has 1 amide bonds. The van der Waals surface area contributed by atoms with Crippen molar-refractivity contribution < 1.29 is 9.90 Å². The van der Waals surface area contributed by atoms with Gasteiger partial charge in [-0.3, -0.25) is 4.79 Å². The molecular formula is C14H21NO2S. The van der Waals surface area contributed by atoms with Gasteiger partial charge in [-0.2, -0.15) is 0 Å². The van der Waals surface area contributed by atoms with Crippen LogP contribution in [0.25, 0.3) is 0 Å². The van der Waals surface area contributed by atoms with Gasteiger partial charge in [0.15, 0.2) is 0 Å². The van der Waals surface area contributed by atoms with Gasteiger partial charge >= 0.3 is 0 Å². The minimum Gasteiger partial charge on any atom is -0.396 e. The maximum Gasteiger partial charge on any atom is 0.252 e. The third-order valence-electron chi connectivity index (χ3n) is 3.86. The molecular weight excluding hydrogens is 246 g/mol. The highest BCUT2D eigenvalue weighted by Gasteiger charge is 2.27. The van der Waals surface area contributed by atoms with Crippen LogP contribution in [0.1, 0.15) is 39.4 Å². The lowest BCUT2D eigenvalue weighted by molar-refractivity contribution is 0.0937. The lowest BCUT2D eigenvalue weighted by Gasteiger charge is -2.17. The second kappa shape index (κ2) is 5.85. The lowest BCUT2D eigenvalue weighted by atomic mass is 9.97. The summed E-state index contributed by atoms with van der Waals surface area (Å²) in [4.78, 5) is 14.3. The normalized spacial score (nSPS) is 23.3. The van der Waals surface area contributed by atoms with Gasteiger partial charge in [-0.25, -0.2) is 0 Å². The average Bonchev–Trinajstić information content (AvgIpc) is 2.92. The summed E-state index contributed by atoms with van der Waals surface area (Å²) in [7, 11) is 0. The van der Waals surface area contributed by atoms with Crippen LogP contribution in [0.4, 0.5) is 0 Å². The fourth-order valence-corrected chi connectivity index (χ4v) is 3.72. The SMILES string of the molecule is Cc1cc(C(=O)NCC2CCCC2CO)c(C)s1. The summed E-state index contributed by atoms with van der Waals surface area (Å²) in [6.07, 6.45) is 3.38. The van der Waals surface area contributed by atoms with Gasteiger partial charge in [0.1, 0.15) is 0 Å². The third-order valence-corrected chi connectivity index (χ3v) is 4.83. The Hall–Kier alpha value is -0.870. The highest BCUT2D eigenvalue weighted by molar-refractivity contribution is 7.12. The number of hydrogen-bond donors (Lipinski definition) is 2. The van der Waals surface area contributed by atoms with E-state index in [1.807, 2.05) is 19.9 Å². The molecule has 0 saturated heterocycles. The van der Waals surface area contributed by atoms with Crippen molar-refractivity contribution in [1.82, 2.24) is 5.32 Å². The zero-order valence-electron chi connectivity index (χ0n) is 11.0. The Bertz CT molecular complexity index is 427. The zero-order chi connectivity index (χ0) is 13.1. The molecule has 0 bridgehead atoms. The Morgan fingerprint density at radius 3 is 2.78 bits per heavy atom. The molecule has 2 N–H and O–H groups in total. The Labute approximate surface area is 112 Å². The number of amides is 1. The second-order valence-corrected chi connectivity index (χ2v) is 6.63. The van der Waals surface area contributed by atoms with Crippen molar-refractivity contribution in [2.75, 3.05) is 13.2 Å². The van der Waals surface area contributed by atoms with Crippen molar-refractivity contribution in [1.29, 1.82) is 0 Å². The van der Waals surface area contributed by atoms with E-state index in [1.54, 1.807) is 11.3 Å². The second-order valence-electron chi connectivity index (χ2n) is 5.17. The highest BCUT2D eigenvalue weighted by Crippen LogP contribution is 2.30. The molecule has 3 nitrogen and oxygen atoms in total. The van der Waals surface area contributed by atoms with Gasteiger partial charge in [-0.05, 0) is 44.6 Å². The van der Waals surface area contributed by atoms with Crippen molar-refractivity contribution in [2.45, 2.75) is 33.1 Å². The Morgan fingerprint density at radius 1 is 1.44 bits per heavy atom. The van der Waals surface area contributed by atoms with Crippen LogP contribution >= 0.6 is 11.3 Å². The van der Waals surface area contributed by atoms with E-state index in [2.05, 4.69) is 5.32 Å². The van der Waals surface area contributed by atoms with Crippen molar-refractivity contribution in [3.05, 3.63) is 21.4 Å². The van der Waals surface area contributed by atoms with E-state index in [4.69, 9.17) is 0 Å². The van der Waals surface area contributed by atoms with Crippen LogP contribution in [0.3, 0.4) is 0 Å². The minimum atomic E-state index is 0.0282. The van der Waals surface area contributed by atoms with Crippen LogP contribution in [-0.2, 0) is 0 Å².